The fourth-order valence-electron chi connectivity index (χ4n) is 1.52. The molecule has 0 radical (unpaired) electrons. The molecule has 0 aliphatic carbocycles. The minimum absolute atomic E-state index is 0.598. The van der Waals surface area contributed by atoms with Crippen molar-refractivity contribution in [2.75, 3.05) is 11.9 Å². The summed E-state index contributed by atoms with van der Waals surface area (Å²) >= 11 is 1.65. The third-order valence-electron chi connectivity index (χ3n) is 2.22. The molecular formula is C12H16N4OS. The van der Waals surface area contributed by atoms with Gasteiger partial charge in [0, 0.05) is 11.4 Å². The summed E-state index contributed by atoms with van der Waals surface area (Å²) in [6.07, 6.45) is 0. The molecule has 18 heavy (non-hydrogen) atoms. The number of nitrogens with one attached hydrogen (secondary N) is 1. The largest absolute Gasteiger partial charge is 0.478 e. The predicted octanol–water partition coefficient (Wildman–Crippen LogP) is 2.56. The molecule has 0 aromatic carbocycles. The van der Waals surface area contributed by atoms with Crippen LogP contribution in [0.3, 0.4) is 0 Å². The maximum Gasteiger partial charge on any atom is 0.218 e. The van der Waals surface area contributed by atoms with E-state index in [9.17, 15) is 0 Å². The van der Waals surface area contributed by atoms with E-state index in [1.807, 2.05) is 26.2 Å². The van der Waals surface area contributed by atoms with Gasteiger partial charge in [0.2, 0.25) is 5.88 Å². The Morgan fingerprint density at radius 3 is 2.78 bits per heavy atom. The smallest absolute Gasteiger partial charge is 0.218 e. The van der Waals surface area contributed by atoms with Crippen LogP contribution < -0.4 is 10.1 Å². The van der Waals surface area contributed by atoms with E-state index in [2.05, 4.69) is 20.3 Å². The molecule has 5 nitrogen and oxygen atoms in total. The summed E-state index contributed by atoms with van der Waals surface area (Å²) in [6, 6.07) is 1.80. The van der Waals surface area contributed by atoms with E-state index < -0.39 is 0 Å². The number of thiazole rings is 1. The van der Waals surface area contributed by atoms with Crippen LogP contribution >= 0.6 is 11.3 Å². The first-order chi connectivity index (χ1) is 8.67. The summed E-state index contributed by atoms with van der Waals surface area (Å²) in [6.45, 7) is 7.03. The van der Waals surface area contributed by atoms with Crippen molar-refractivity contribution in [1.82, 2.24) is 15.0 Å². The lowest BCUT2D eigenvalue weighted by atomic mass is 10.4. The number of anilines is 1. The highest BCUT2D eigenvalue weighted by molar-refractivity contribution is 7.09. The van der Waals surface area contributed by atoms with Gasteiger partial charge in [0.15, 0.2) is 0 Å². The van der Waals surface area contributed by atoms with Gasteiger partial charge in [0.1, 0.15) is 11.6 Å². The van der Waals surface area contributed by atoms with Crippen molar-refractivity contribution in [2.45, 2.75) is 27.3 Å². The van der Waals surface area contributed by atoms with Crippen molar-refractivity contribution in [3.63, 3.8) is 0 Å². The van der Waals surface area contributed by atoms with Crippen LogP contribution in [0.2, 0.25) is 0 Å². The maximum absolute atomic E-state index is 5.38. The first kappa shape index (κ1) is 12.8. The lowest BCUT2D eigenvalue weighted by molar-refractivity contribution is 0.325. The predicted molar refractivity (Wildman–Crippen MR) is 72.1 cm³/mol. The summed E-state index contributed by atoms with van der Waals surface area (Å²) in [5.74, 6) is 2.05. The number of ether oxygens (including phenoxy) is 1. The zero-order chi connectivity index (χ0) is 13.0. The molecule has 6 heteroatoms. The molecule has 1 N–H and O–H groups in total. The third-order valence-corrected chi connectivity index (χ3v) is 3.05. The second-order valence-electron chi connectivity index (χ2n) is 3.78. The van der Waals surface area contributed by atoms with Gasteiger partial charge in [-0.15, -0.1) is 11.3 Å². The molecule has 2 heterocycles. The average Bonchev–Trinajstić information content (AvgIpc) is 2.72. The van der Waals surface area contributed by atoms with Crippen molar-refractivity contribution in [3.8, 4) is 5.88 Å². The van der Waals surface area contributed by atoms with Gasteiger partial charge in [-0.1, -0.05) is 0 Å². The Morgan fingerprint density at radius 2 is 2.11 bits per heavy atom. The number of hydrogen-bond donors (Lipinski definition) is 1. The molecule has 0 spiro atoms. The van der Waals surface area contributed by atoms with Gasteiger partial charge in [-0.2, -0.15) is 4.98 Å². The average molecular weight is 264 g/mol. The quantitative estimate of drug-likeness (QED) is 0.899. The van der Waals surface area contributed by atoms with Gasteiger partial charge < -0.3 is 10.1 Å². The van der Waals surface area contributed by atoms with Gasteiger partial charge in [-0.25, -0.2) is 9.97 Å². The van der Waals surface area contributed by atoms with Gasteiger partial charge in [0.05, 0.1) is 23.9 Å². The third kappa shape index (κ3) is 3.40. The Hall–Kier alpha value is -1.69. The monoisotopic (exact) mass is 264 g/mol. The van der Waals surface area contributed by atoms with Crippen LogP contribution in [0.25, 0.3) is 0 Å². The molecule has 2 aromatic rings. The van der Waals surface area contributed by atoms with Crippen LogP contribution in [0.1, 0.15) is 23.4 Å². The molecule has 0 saturated carbocycles. The van der Waals surface area contributed by atoms with Gasteiger partial charge in [-0.3, -0.25) is 0 Å². The Labute approximate surface area is 110 Å². The molecule has 0 amide bonds. The second-order valence-corrected chi connectivity index (χ2v) is 4.85. The minimum Gasteiger partial charge on any atom is -0.478 e. The van der Waals surface area contributed by atoms with Crippen molar-refractivity contribution in [1.29, 1.82) is 0 Å². The van der Waals surface area contributed by atoms with Crippen molar-refractivity contribution >= 4 is 17.2 Å². The molecule has 0 aliphatic heterocycles. The summed E-state index contributed by atoms with van der Waals surface area (Å²) in [7, 11) is 0. The van der Waals surface area contributed by atoms with Crippen LogP contribution in [-0.4, -0.2) is 21.6 Å². The van der Waals surface area contributed by atoms with Crippen molar-refractivity contribution in [2.24, 2.45) is 0 Å². The fourth-order valence-corrected chi connectivity index (χ4v) is 2.14. The zero-order valence-electron chi connectivity index (χ0n) is 10.7. The molecule has 0 unspecified atom stereocenters. The van der Waals surface area contributed by atoms with E-state index >= 15 is 0 Å². The summed E-state index contributed by atoms with van der Waals surface area (Å²) in [5, 5.41) is 6.34. The molecule has 0 saturated heterocycles. The molecule has 0 atom stereocenters. The normalized spacial score (nSPS) is 10.4. The molecule has 0 bridgehead atoms. The Bertz CT molecular complexity index is 527. The highest BCUT2D eigenvalue weighted by Gasteiger charge is 2.03. The highest BCUT2D eigenvalue weighted by Crippen LogP contribution is 2.15. The minimum atomic E-state index is 0.598. The number of aromatic nitrogens is 3. The van der Waals surface area contributed by atoms with E-state index in [-0.39, 0.29) is 0 Å². The van der Waals surface area contributed by atoms with Crippen LogP contribution in [-0.2, 0) is 6.54 Å². The Balaban J connectivity index is 2.04. The molecule has 0 fully saturated rings. The van der Waals surface area contributed by atoms with E-state index in [0.717, 1.165) is 16.5 Å². The van der Waals surface area contributed by atoms with Crippen LogP contribution in [0, 0.1) is 13.8 Å². The van der Waals surface area contributed by atoms with E-state index in [1.54, 1.807) is 17.4 Å². The summed E-state index contributed by atoms with van der Waals surface area (Å²) < 4.78 is 5.38. The lowest BCUT2D eigenvalue weighted by Gasteiger charge is -2.07. The molecule has 2 rings (SSSR count). The molecule has 2 aromatic heterocycles. The SMILES string of the molecule is CCOc1cc(NCc2csc(C)n2)nc(C)n1. The number of hydrogen-bond acceptors (Lipinski definition) is 6. The van der Waals surface area contributed by atoms with Crippen LogP contribution in [0.5, 0.6) is 5.88 Å². The van der Waals surface area contributed by atoms with E-state index in [4.69, 9.17) is 4.74 Å². The first-order valence-corrected chi connectivity index (χ1v) is 6.68. The van der Waals surface area contributed by atoms with Crippen LogP contribution in [0.15, 0.2) is 11.4 Å². The van der Waals surface area contributed by atoms with Gasteiger partial charge in [-0.05, 0) is 20.8 Å². The standard InChI is InChI=1S/C12H16N4OS/c1-4-17-12-5-11(14-8(2)15-12)13-6-10-7-18-9(3)16-10/h5,7H,4,6H2,1-3H3,(H,13,14,15). The Kier molecular flexibility index (Phi) is 4.09. The molecular weight excluding hydrogens is 248 g/mol. The van der Waals surface area contributed by atoms with Gasteiger partial charge in [0.25, 0.3) is 0 Å². The first-order valence-electron chi connectivity index (χ1n) is 5.80. The van der Waals surface area contributed by atoms with Crippen molar-refractivity contribution < 1.29 is 4.74 Å². The molecule has 96 valence electrons. The summed E-state index contributed by atoms with van der Waals surface area (Å²) in [4.78, 5) is 12.9. The van der Waals surface area contributed by atoms with E-state index in [1.165, 1.54) is 0 Å². The zero-order valence-corrected chi connectivity index (χ0v) is 11.5. The number of nitrogens with zero attached hydrogens (tertiary/aromatic N) is 3. The number of rotatable bonds is 5. The lowest BCUT2D eigenvalue weighted by Crippen LogP contribution is -2.05. The van der Waals surface area contributed by atoms with Crippen molar-refractivity contribution in [3.05, 3.63) is 28.0 Å². The van der Waals surface area contributed by atoms with Gasteiger partial charge >= 0.3 is 0 Å². The fraction of sp³-hybridized carbons (Fsp3) is 0.417. The topological polar surface area (TPSA) is 59.9 Å². The maximum atomic E-state index is 5.38. The van der Waals surface area contributed by atoms with E-state index in [0.29, 0.717) is 24.9 Å². The van der Waals surface area contributed by atoms with Crippen LogP contribution in [0.4, 0.5) is 5.82 Å². The second kappa shape index (κ2) is 5.77. The molecule has 0 aliphatic rings. The Morgan fingerprint density at radius 1 is 1.28 bits per heavy atom. The number of aryl methyl sites for hydroxylation is 2. The highest BCUT2D eigenvalue weighted by atomic mass is 32.1. The summed E-state index contributed by atoms with van der Waals surface area (Å²) in [5.41, 5.74) is 1.02.